The number of thiophene rings is 1. The number of alkyl halides is 3. The summed E-state index contributed by atoms with van der Waals surface area (Å²) in [5, 5.41) is 1.58. The van der Waals surface area contributed by atoms with Crippen LogP contribution in [0.15, 0.2) is 39.9 Å². The second-order valence-electron chi connectivity index (χ2n) is 4.07. The first kappa shape index (κ1) is 15.9. The summed E-state index contributed by atoms with van der Waals surface area (Å²) in [6.07, 6.45) is -4.78. The van der Waals surface area contributed by atoms with Gasteiger partial charge in [-0.15, -0.1) is 11.3 Å². The molecule has 0 aliphatic heterocycles. The molecule has 0 amide bonds. The van der Waals surface area contributed by atoms with Gasteiger partial charge < -0.3 is 0 Å². The molecule has 0 spiro atoms. The lowest BCUT2D eigenvalue weighted by Crippen LogP contribution is -2.22. The zero-order valence-corrected chi connectivity index (χ0v) is 11.9. The lowest BCUT2D eigenvalue weighted by Gasteiger charge is -2.10. The normalized spacial score (nSPS) is 12.6. The summed E-state index contributed by atoms with van der Waals surface area (Å²) in [4.78, 5) is 0. The molecule has 21 heavy (non-hydrogen) atoms. The molecule has 0 saturated heterocycles. The van der Waals surface area contributed by atoms with E-state index in [1.807, 2.05) is 0 Å². The van der Waals surface area contributed by atoms with Gasteiger partial charge in [-0.25, -0.2) is 17.5 Å². The van der Waals surface area contributed by atoms with Crippen molar-refractivity contribution in [3.8, 4) is 0 Å². The van der Waals surface area contributed by atoms with Gasteiger partial charge in [0.05, 0.1) is 5.56 Å². The standard InChI is InChI=1S/C12H9F4NO2S2/c13-10-6-8(3-4-9(10)12(14,15)16)7-17-21(18,19)11-2-1-5-20-11/h1-6,17H,7H2. The lowest BCUT2D eigenvalue weighted by atomic mass is 10.1. The second kappa shape index (κ2) is 5.74. The van der Waals surface area contributed by atoms with Crippen molar-refractivity contribution in [2.45, 2.75) is 16.9 Å². The fourth-order valence-corrected chi connectivity index (χ4v) is 3.62. The Labute approximate surface area is 122 Å². The summed E-state index contributed by atoms with van der Waals surface area (Å²) < 4.78 is 76.4. The molecule has 2 aromatic rings. The summed E-state index contributed by atoms with van der Waals surface area (Å²) in [5.41, 5.74) is -1.28. The molecule has 1 N–H and O–H groups in total. The van der Waals surface area contributed by atoms with Crippen LogP contribution in [0.5, 0.6) is 0 Å². The van der Waals surface area contributed by atoms with E-state index in [0.29, 0.717) is 12.1 Å². The molecule has 1 aromatic heterocycles. The Morgan fingerprint density at radius 2 is 1.90 bits per heavy atom. The van der Waals surface area contributed by atoms with E-state index in [9.17, 15) is 26.0 Å². The van der Waals surface area contributed by atoms with E-state index < -0.39 is 27.6 Å². The molecule has 114 valence electrons. The minimum Gasteiger partial charge on any atom is -0.206 e. The van der Waals surface area contributed by atoms with Gasteiger partial charge in [0.15, 0.2) is 0 Å². The maximum absolute atomic E-state index is 13.3. The molecule has 1 heterocycles. The summed E-state index contributed by atoms with van der Waals surface area (Å²) in [5.74, 6) is -1.43. The van der Waals surface area contributed by atoms with Crippen LogP contribution in [0.4, 0.5) is 17.6 Å². The number of benzene rings is 1. The van der Waals surface area contributed by atoms with Gasteiger partial charge in [0.25, 0.3) is 0 Å². The van der Waals surface area contributed by atoms with Crippen LogP contribution in [-0.2, 0) is 22.7 Å². The molecule has 1 aromatic carbocycles. The number of rotatable bonds is 4. The first-order chi connectivity index (χ1) is 9.70. The number of nitrogens with one attached hydrogen (secondary N) is 1. The number of halogens is 4. The Morgan fingerprint density at radius 1 is 1.19 bits per heavy atom. The molecule has 0 bridgehead atoms. The molecule has 2 rings (SSSR count). The van der Waals surface area contributed by atoms with Crippen molar-refractivity contribution in [2.75, 3.05) is 0 Å². The van der Waals surface area contributed by atoms with E-state index in [1.54, 1.807) is 11.4 Å². The topological polar surface area (TPSA) is 46.2 Å². The Hall–Kier alpha value is -1.45. The number of sulfonamides is 1. The first-order valence-corrected chi connectivity index (χ1v) is 7.95. The van der Waals surface area contributed by atoms with Crippen molar-refractivity contribution in [1.29, 1.82) is 0 Å². The maximum atomic E-state index is 13.3. The first-order valence-electron chi connectivity index (χ1n) is 5.59. The Balaban J connectivity index is 2.13. The van der Waals surface area contributed by atoms with Crippen molar-refractivity contribution < 1.29 is 26.0 Å². The van der Waals surface area contributed by atoms with E-state index >= 15 is 0 Å². The third-order valence-corrected chi connectivity index (χ3v) is 5.36. The summed E-state index contributed by atoms with van der Waals surface area (Å²) in [6.45, 7) is -0.296. The van der Waals surface area contributed by atoms with Crippen molar-refractivity contribution >= 4 is 21.4 Å². The van der Waals surface area contributed by atoms with Gasteiger partial charge in [-0.05, 0) is 29.1 Å². The van der Waals surface area contributed by atoms with Crippen molar-refractivity contribution in [3.63, 3.8) is 0 Å². The molecule has 0 atom stereocenters. The highest BCUT2D eigenvalue weighted by Crippen LogP contribution is 2.31. The van der Waals surface area contributed by atoms with Gasteiger partial charge >= 0.3 is 6.18 Å². The monoisotopic (exact) mass is 339 g/mol. The highest BCUT2D eigenvalue weighted by molar-refractivity contribution is 7.91. The van der Waals surface area contributed by atoms with Crippen LogP contribution in [0.1, 0.15) is 11.1 Å². The van der Waals surface area contributed by atoms with Gasteiger partial charge in [-0.1, -0.05) is 12.1 Å². The quantitative estimate of drug-likeness (QED) is 0.868. The molecule has 0 saturated carbocycles. The maximum Gasteiger partial charge on any atom is 0.419 e. The van der Waals surface area contributed by atoms with Crippen LogP contribution in [0.3, 0.4) is 0 Å². The molecule has 0 aliphatic rings. The van der Waals surface area contributed by atoms with E-state index in [-0.39, 0.29) is 16.3 Å². The van der Waals surface area contributed by atoms with Crippen molar-refractivity contribution in [1.82, 2.24) is 4.72 Å². The van der Waals surface area contributed by atoms with Crippen molar-refractivity contribution in [3.05, 3.63) is 52.7 Å². The van der Waals surface area contributed by atoms with Gasteiger partial charge in [-0.2, -0.15) is 13.2 Å². The van der Waals surface area contributed by atoms with Crippen LogP contribution in [-0.4, -0.2) is 8.42 Å². The van der Waals surface area contributed by atoms with E-state index in [1.165, 1.54) is 6.07 Å². The van der Waals surface area contributed by atoms with E-state index in [2.05, 4.69) is 4.72 Å². The average Bonchev–Trinajstić information content (AvgIpc) is 2.89. The largest absolute Gasteiger partial charge is 0.419 e. The third-order valence-electron chi connectivity index (χ3n) is 2.57. The van der Waals surface area contributed by atoms with Crippen molar-refractivity contribution in [2.24, 2.45) is 0 Å². The third kappa shape index (κ3) is 3.80. The second-order valence-corrected chi connectivity index (χ2v) is 7.01. The van der Waals surface area contributed by atoms with Gasteiger partial charge in [0, 0.05) is 6.54 Å². The Morgan fingerprint density at radius 3 is 2.43 bits per heavy atom. The molecule has 0 radical (unpaired) electrons. The highest BCUT2D eigenvalue weighted by atomic mass is 32.2. The lowest BCUT2D eigenvalue weighted by molar-refractivity contribution is -0.140. The highest BCUT2D eigenvalue weighted by Gasteiger charge is 2.33. The molecule has 0 aliphatic carbocycles. The zero-order chi connectivity index (χ0) is 15.7. The fourth-order valence-electron chi connectivity index (χ4n) is 1.56. The minimum atomic E-state index is -4.78. The van der Waals surface area contributed by atoms with Gasteiger partial charge in [0.2, 0.25) is 10.0 Å². The van der Waals surface area contributed by atoms with Crippen LogP contribution in [0, 0.1) is 5.82 Å². The van der Waals surface area contributed by atoms with E-state index in [4.69, 9.17) is 0 Å². The molecular weight excluding hydrogens is 330 g/mol. The average molecular weight is 339 g/mol. The predicted octanol–water partition coefficient (Wildman–Crippen LogP) is 3.38. The SMILES string of the molecule is O=S(=O)(NCc1ccc(C(F)(F)F)c(F)c1)c1cccs1. The number of hydrogen-bond acceptors (Lipinski definition) is 3. The zero-order valence-electron chi connectivity index (χ0n) is 10.3. The number of hydrogen-bond donors (Lipinski definition) is 1. The van der Waals surface area contributed by atoms with Gasteiger partial charge in [-0.3, -0.25) is 0 Å². The Bertz CT molecular complexity index is 724. The summed E-state index contributed by atoms with van der Waals surface area (Å²) >= 11 is 1.00. The van der Waals surface area contributed by atoms with Crippen LogP contribution >= 0.6 is 11.3 Å². The minimum absolute atomic E-state index is 0.0786. The molecule has 0 unspecified atom stereocenters. The molecular formula is C12H9F4NO2S2. The smallest absolute Gasteiger partial charge is 0.206 e. The summed E-state index contributed by atoms with van der Waals surface area (Å²) in [7, 11) is -3.74. The summed E-state index contributed by atoms with van der Waals surface area (Å²) in [6, 6.07) is 5.23. The van der Waals surface area contributed by atoms with Crippen LogP contribution in [0.25, 0.3) is 0 Å². The molecule has 0 fully saturated rings. The Kier molecular flexibility index (Phi) is 4.35. The van der Waals surface area contributed by atoms with Crippen LogP contribution < -0.4 is 4.72 Å². The fraction of sp³-hybridized carbons (Fsp3) is 0.167. The van der Waals surface area contributed by atoms with Gasteiger partial charge in [0.1, 0.15) is 10.0 Å². The predicted molar refractivity (Wildman–Crippen MR) is 69.7 cm³/mol. The van der Waals surface area contributed by atoms with E-state index in [0.717, 1.165) is 17.4 Å². The molecule has 3 nitrogen and oxygen atoms in total. The van der Waals surface area contributed by atoms with Crippen LogP contribution in [0.2, 0.25) is 0 Å². The molecule has 9 heteroatoms.